The Morgan fingerprint density at radius 1 is 1.10 bits per heavy atom. The van der Waals surface area contributed by atoms with E-state index in [2.05, 4.69) is 0 Å². The van der Waals surface area contributed by atoms with E-state index in [1.54, 1.807) is 16.1 Å². The monoisotopic (exact) mass is 316 g/mol. The van der Waals surface area contributed by atoms with Gasteiger partial charge in [-0.15, -0.1) is 11.8 Å². The molecule has 1 rings (SSSR count). The molecule has 0 aromatic heterocycles. The van der Waals surface area contributed by atoms with Gasteiger partial charge in [0.15, 0.2) is 0 Å². The molecule has 0 radical (unpaired) electrons. The average Bonchev–Trinajstić information content (AvgIpc) is 2.41. The van der Waals surface area contributed by atoms with Gasteiger partial charge in [0.1, 0.15) is 0 Å². The van der Waals surface area contributed by atoms with Gasteiger partial charge in [-0.05, 0) is 37.1 Å². The zero-order valence-electron chi connectivity index (χ0n) is 12.2. The van der Waals surface area contributed by atoms with Gasteiger partial charge in [-0.25, -0.2) is 12.7 Å². The fourth-order valence-corrected chi connectivity index (χ4v) is 4.77. The van der Waals surface area contributed by atoms with Crippen LogP contribution in [0.5, 0.6) is 0 Å². The van der Waals surface area contributed by atoms with Crippen molar-refractivity contribution in [2.75, 3.05) is 30.3 Å². The quantitative estimate of drug-likeness (QED) is 0.562. The molecule has 0 aliphatic carbocycles. The van der Waals surface area contributed by atoms with E-state index in [1.807, 2.05) is 38.1 Å². The van der Waals surface area contributed by atoms with Crippen molar-refractivity contribution >= 4 is 27.5 Å². The van der Waals surface area contributed by atoms with E-state index in [-0.39, 0.29) is 5.75 Å². The second-order valence-corrected chi connectivity index (χ2v) is 7.89. The summed E-state index contributed by atoms with van der Waals surface area (Å²) in [6, 6.07) is 7.50. The zero-order valence-corrected chi connectivity index (χ0v) is 13.8. The van der Waals surface area contributed by atoms with Crippen LogP contribution < -0.4 is 5.73 Å². The molecule has 1 aromatic carbocycles. The van der Waals surface area contributed by atoms with Crippen molar-refractivity contribution in [2.45, 2.75) is 31.6 Å². The van der Waals surface area contributed by atoms with Crippen LogP contribution in [-0.2, 0) is 10.0 Å². The normalized spacial score (nSPS) is 11.9. The molecule has 0 heterocycles. The summed E-state index contributed by atoms with van der Waals surface area (Å²) in [7, 11) is -3.14. The predicted octanol–water partition coefficient (Wildman–Crippen LogP) is 2.81. The molecular formula is C14H24N2O2S2. The highest BCUT2D eigenvalue weighted by atomic mass is 32.2. The summed E-state index contributed by atoms with van der Waals surface area (Å²) in [4.78, 5) is 1.05. The highest BCUT2D eigenvalue weighted by Gasteiger charge is 2.19. The van der Waals surface area contributed by atoms with Gasteiger partial charge in [-0.1, -0.05) is 13.8 Å². The summed E-state index contributed by atoms with van der Waals surface area (Å²) in [5.41, 5.74) is 6.34. The van der Waals surface area contributed by atoms with Gasteiger partial charge in [-0.2, -0.15) is 0 Å². The first-order chi connectivity index (χ1) is 9.49. The Kier molecular flexibility index (Phi) is 7.40. The molecule has 0 bridgehead atoms. The lowest BCUT2D eigenvalue weighted by Crippen LogP contribution is -2.35. The van der Waals surface area contributed by atoms with Crippen LogP contribution in [0.25, 0.3) is 0 Å². The molecule has 4 nitrogen and oxygen atoms in total. The standard InChI is InChI=1S/C14H24N2O2S2/c1-3-9-16(10-4-2)20(17,18)12-11-19-14-7-5-13(15)6-8-14/h5-8H,3-4,9-12,15H2,1-2H3. The number of nitrogens with two attached hydrogens (primary N) is 1. The van der Waals surface area contributed by atoms with E-state index in [9.17, 15) is 8.42 Å². The predicted molar refractivity (Wildman–Crippen MR) is 87.5 cm³/mol. The van der Waals surface area contributed by atoms with Crippen molar-refractivity contribution in [3.05, 3.63) is 24.3 Å². The van der Waals surface area contributed by atoms with Crippen LogP contribution in [-0.4, -0.2) is 37.3 Å². The smallest absolute Gasteiger partial charge is 0.214 e. The lowest BCUT2D eigenvalue weighted by atomic mass is 10.3. The third-order valence-corrected chi connectivity index (χ3v) is 5.97. The van der Waals surface area contributed by atoms with Crippen molar-refractivity contribution in [1.29, 1.82) is 0 Å². The topological polar surface area (TPSA) is 63.4 Å². The maximum atomic E-state index is 12.2. The van der Waals surface area contributed by atoms with E-state index < -0.39 is 10.0 Å². The molecule has 0 saturated carbocycles. The Bertz CT molecular complexity index is 480. The maximum Gasteiger partial charge on any atom is 0.214 e. The van der Waals surface area contributed by atoms with E-state index in [4.69, 9.17) is 5.73 Å². The lowest BCUT2D eigenvalue weighted by molar-refractivity contribution is 0.411. The number of nitrogens with zero attached hydrogens (tertiary/aromatic N) is 1. The molecule has 0 saturated heterocycles. The number of thioether (sulfide) groups is 1. The Balaban J connectivity index is 2.51. The number of hydrogen-bond donors (Lipinski definition) is 1. The van der Waals surface area contributed by atoms with Crippen LogP contribution in [0.2, 0.25) is 0 Å². The number of benzene rings is 1. The average molecular weight is 316 g/mol. The van der Waals surface area contributed by atoms with Gasteiger partial charge in [0.2, 0.25) is 10.0 Å². The summed E-state index contributed by atoms with van der Waals surface area (Å²) in [6.07, 6.45) is 1.70. The van der Waals surface area contributed by atoms with Gasteiger partial charge in [0, 0.05) is 29.4 Å². The zero-order chi connectivity index (χ0) is 15.0. The lowest BCUT2D eigenvalue weighted by Gasteiger charge is -2.20. The van der Waals surface area contributed by atoms with E-state index >= 15 is 0 Å². The van der Waals surface area contributed by atoms with Gasteiger partial charge >= 0.3 is 0 Å². The first kappa shape index (κ1) is 17.3. The Hall–Kier alpha value is -0.720. The van der Waals surface area contributed by atoms with Crippen LogP contribution in [0.4, 0.5) is 5.69 Å². The van der Waals surface area contributed by atoms with Crippen molar-refractivity contribution in [3.8, 4) is 0 Å². The molecule has 0 aliphatic heterocycles. The number of rotatable bonds is 9. The Morgan fingerprint density at radius 3 is 2.15 bits per heavy atom. The third-order valence-electron chi connectivity index (χ3n) is 2.83. The molecule has 6 heteroatoms. The van der Waals surface area contributed by atoms with Crippen molar-refractivity contribution in [2.24, 2.45) is 0 Å². The van der Waals surface area contributed by atoms with Gasteiger partial charge < -0.3 is 5.73 Å². The van der Waals surface area contributed by atoms with Crippen LogP contribution in [0.15, 0.2) is 29.2 Å². The first-order valence-corrected chi connectivity index (χ1v) is 9.55. The molecule has 0 fully saturated rings. The Morgan fingerprint density at radius 2 is 1.65 bits per heavy atom. The number of sulfonamides is 1. The minimum atomic E-state index is -3.14. The van der Waals surface area contributed by atoms with Crippen molar-refractivity contribution in [1.82, 2.24) is 4.31 Å². The minimum absolute atomic E-state index is 0.183. The SMILES string of the molecule is CCCN(CCC)S(=O)(=O)CCSc1ccc(N)cc1. The summed E-state index contributed by atoms with van der Waals surface area (Å²) < 4.78 is 26.1. The summed E-state index contributed by atoms with van der Waals surface area (Å²) in [6.45, 7) is 5.23. The minimum Gasteiger partial charge on any atom is -0.399 e. The number of nitrogen functional groups attached to an aromatic ring is 1. The highest BCUT2D eigenvalue weighted by molar-refractivity contribution is 8.00. The van der Waals surface area contributed by atoms with E-state index in [0.29, 0.717) is 18.8 Å². The second-order valence-electron chi connectivity index (χ2n) is 4.63. The van der Waals surface area contributed by atoms with E-state index in [1.165, 1.54) is 0 Å². The third kappa shape index (κ3) is 5.73. The molecule has 20 heavy (non-hydrogen) atoms. The van der Waals surface area contributed by atoms with Gasteiger partial charge in [-0.3, -0.25) is 0 Å². The van der Waals surface area contributed by atoms with Crippen LogP contribution >= 0.6 is 11.8 Å². The molecule has 0 amide bonds. The Labute approximate surface area is 126 Å². The van der Waals surface area contributed by atoms with Crippen LogP contribution in [0, 0.1) is 0 Å². The molecule has 114 valence electrons. The second kappa shape index (κ2) is 8.54. The molecule has 0 aliphatic rings. The molecule has 2 N–H and O–H groups in total. The molecule has 1 aromatic rings. The van der Waals surface area contributed by atoms with Gasteiger partial charge in [0.25, 0.3) is 0 Å². The molecule has 0 atom stereocenters. The molecule has 0 spiro atoms. The summed E-state index contributed by atoms with van der Waals surface area (Å²) in [5, 5.41) is 0. The number of hydrogen-bond acceptors (Lipinski definition) is 4. The summed E-state index contributed by atoms with van der Waals surface area (Å²) in [5.74, 6) is 0.748. The first-order valence-electron chi connectivity index (χ1n) is 6.95. The van der Waals surface area contributed by atoms with Crippen molar-refractivity contribution < 1.29 is 8.42 Å². The maximum absolute atomic E-state index is 12.2. The number of anilines is 1. The van der Waals surface area contributed by atoms with E-state index in [0.717, 1.165) is 23.4 Å². The highest BCUT2D eigenvalue weighted by Crippen LogP contribution is 2.20. The molecule has 0 unspecified atom stereocenters. The fourth-order valence-electron chi connectivity index (χ4n) is 1.85. The van der Waals surface area contributed by atoms with Crippen LogP contribution in [0.3, 0.4) is 0 Å². The largest absolute Gasteiger partial charge is 0.399 e. The fraction of sp³-hybridized carbons (Fsp3) is 0.571. The van der Waals surface area contributed by atoms with Crippen LogP contribution in [0.1, 0.15) is 26.7 Å². The molecular weight excluding hydrogens is 292 g/mol. The summed E-state index contributed by atoms with van der Waals surface area (Å²) >= 11 is 1.55. The van der Waals surface area contributed by atoms with Crippen molar-refractivity contribution in [3.63, 3.8) is 0 Å². The van der Waals surface area contributed by atoms with Gasteiger partial charge in [0.05, 0.1) is 5.75 Å².